The first-order valence-corrected chi connectivity index (χ1v) is 13.3. The van der Waals surface area contributed by atoms with Gasteiger partial charge in [0.2, 0.25) is 5.89 Å². The van der Waals surface area contributed by atoms with Gasteiger partial charge >= 0.3 is 11.7 Å². The lowest BCUT2D eigenvalue weighted by atomic mass is 10.1. The van der Waals surface area contributed by atoms with E-state index in [2.05, 4.69) is 9.97 Å². The van der Waals surface area contributed by atoms with Crippen LogP contribution in [0, 0.1) is 0 Å². The van der Waals surface area contributed by atoms with Crippen LogP contribution in [0.2, 0.25) is 0 Å². The number of benzene rings is 2. The molecule has 4 rings (SSSR count). The van der Waals surface area contributed by atoms with E-state index < -0.39 is 47.7 Å². The molecule has 0 amide bonds. The largest absolute Gasteiger partial charge is 0.501 e. The van der Waals surface area contributed by atoms with Crippen molar-refractivity contribution in [1.82, 2.24) is 9.97 Å². The first-order chi connectivity index (χ1) is 17.0. The predicted molar refractivity (Wildman–Crippen MR) is 119 cm³/mol. The monoisotopic (exact) mass is 564 g/mol. The van der Waals surface area contributed by atoms with Crippen molar-refractivity contribution in [3.63, 3.8) is 0 Å². The van der Waals surface area contributed by atoms with Gasteiger partial charge in [0.1, 0.15) is 11.2 Å². The van der Waals surface area contributed by atoms with E-state index in [0.29, 0.717) is 12.1 Å². The molecule has 0 fully saturated rings. The summed E-state index contributed by atoms with van der Waals surface area (Å²) in [5.41, 5.74) is -7.04. The van der Waals surface area contributed by atoms with Gasteiger partial charge in [-0.25, -0.2) is 26.8 Å². The first kappa shape index (κ1) is 26.6. The van der Waals surface area contributed by atoms with Crippen LogP contribution in [-0.2, 0) is 25.9 Å². The number of pyridine rings is 1. The molecule has 0 N–H and O–H groups in total. The molecule has 2 heterocycles. The molecule has 196 valence electrons. The van der Waals surface area contributed by atoms with Gasteiger partial charge in [0.15, 0.2) is 15.4 Å². The average Bonchev–Trinajstić information content (AvgIpc) is 3.26. The second-order valence-electron chi connectivity index (χ2n) is 7.62. The Hall–Kier alpha value is -3.46. The molecule has 7 nitrogen and oxygen atoms in total. The molecule has 0 saturated carbocycles. The zero-order valence-corrected chi connectivity index (χ0v) is 20.1. The molecule has 2 aromatic heterocycles. The van der Waals surface area contributed by atoms with E-state index >= 15 is 0 Å². The Morgan fingerprint density at radius 1 is 0.838 bits per heavy atom. The van der Waals surface area contributed by atoms with Crippen molar-refractivity contribution in [1.29, 1.82) is 0 Å². The summed E-state index contributed by atoms with van der Waals surface area (Å²) in [5.74, 6) is -0.812. The van der Waals surface area contributed by atoms with E-state index in [1.807, 2.05) is 0 Å². The summed E-state index contributed by atoms with van der Waals surface area (Å²) in [5, 5.41) is 0. The van der Waals surface area contributed by atoms with Crippen molar-refractivity contribution in [2.75, 3.05) is 5.75 Å². The maximum atomic E-state index is 12.9. The molecule has 0 unspecified atom stereocenters. The quantitative estimate of drug-likeness (QED) is 0.288. The number of rotatable bonds is 5. The van der Waals surface area contributed by atoms with Gasteiger partial charge in [0.05, 0.1) is 26.8 Å². The molecule has 0 bridgehead atoms. The van der Waals surface area contributed by atoms with Gasteiger partial charge < -0.3 is 4.42 Å². The molecule has 15 heteroatoms. The van der Waals surface area contributed by atoms with E-state index in [1.54, 1.807) is 0 Å². The number of halogens is 6. The van der Waals surface area contributed by atoms with Crippen LogP contribution in [0.25, 0.3) is 33.9 Å². The third-order valence-corrected chi connectivity index (χ3v) is 8.50. The Bertz CT molecular complexity index is 1710. The molecular formula is C22H14F6N2O5S2. The van der Waals surface area contributed by atoms with Crippen molar-refractivity contribution >= 4 is 30.8 Å². The maximum absolute atomic E-state index is 12.9. The summed E-state index contributed by atoms with van der Waals surface area (Å²) in [7, 11) is -9.63. The number of nitrogens with zero attached hydrogens (tertiary/aromatic N) is 2. The Kier molecular flexibility index (Phi) is 6.35. The van der Waals surface area contributed by atoms with E-state index in [4.69, 9.17) is 4.42 Å². The highest BCUT2D eigenvalue weighted by molar-refractivity contribution is 7.92. The minimum Gasteiger partial charge on any atom is -0.435 e. The standard InChI is InChI=1S/C22H14F6N2O5S2/c1-2-36(31,32)18-10-8-15(12-3-5-13(6-4-12)21(23,24)25)29-19(18)20-30-16-11-14(7-9-17(16)35-20)37(33,34)22(26,27)28/h3-11H,2H2,1H3. The van der Waals surface area contributed by atoms with Crippen molar-refractivity contribution in [2.45, 2.75) is 28.4 Å². The lowest BCUT2D eigenvalue weighted by Crippen LogP contribution is -2.23. The third-order valence-electron chi connectivity index (χ3n) is 5.26. The van der Waals surface area contributed by atoms with Crippen molar-refractivity contribution in [3.05, 3.63) is 60.2 Å². The molecule has 0 spiro atoms. The highest BCUT2D eigenvalue weighted by atomic mass is 32.2. The van der Waals surface area contributed by atoms with Gasteiger partial charge in [-0.3, -0.25) is 0 Å². The Morgan fingerprint density at radius 3 is 2.05 bits per heavy atom. The Balaban J connectivity index is 1.88. The molecular weight excluding hydrogens is 550 g/mol. The molecule has 0 radical (unpaired) electrons. The fourth-order valence-corrected chi connectivity index (χ4v) is 5.10. The van der Waals surface area contributed by atoms with Crippen LogP contribution in [0.4, 0.5) is 26.3 Å². The van der Waals surface area contributed by atoms with Crippen LogP contribution in [0.15, 0.2) is 68.8 Å². The van der Waals surface area contributed by atoms with Crippen LogP contribution in [-0.4, -0.2) is 38.1 Å². The molecule has 0 aliphatic rings. The van der Waals surface area contributed by atoms with Gasteiger partial charge in [-0.2, -0.15) is 26.3 Å². The minimum atomic E-state index is -5.69. The fourth-order valence-electron chi connectivity index (χ4n) is 3.31. The normalized spacial score (nSPS) is 13.3. The summed E-state index contributed by atoms with van der Waals surface area (Å²) in [6.45, 7) is 1.35. The van der Waals surface area contributed by atoms with Gasteiger partial charge in [-0.05, 0) is 42.5 Å². The molecule has 4 aromatic rings. The van der Waals surface area contributed by atoms with Gasteiger partial charge in [-0.1, -0.05) is 19.1 Å². The SMILES string of the molecule is CCS(=O)(=O)c1ccc(-c2ccc(C(F)(F)F)cc2)nc1-c1nc2cc(S(=O)(=O)C(F)(F)F)ccc2o1. The molecule has 0 saturated heterocycles. The van der Waals surface area contributed by atoms with Crippen molar-refractivity contribution in [2.24, 2.45) is 0 Å². The summed E-state index contributed by atoms with van der Waals surface area (Å²) in [6, 6.07) is 8.53. The summed E-state index contributed by atoms with van der Waals surface area (Å²) < 4.78 is 132. The first-order valence-electron chi connectivity index (χ1n) is 10.2. The van der Waals surface area contributed by atoms with E-state index in [9.17, 15) is 43.2 Å². The molecule has 0 atom stereocenters. The van der Waals surface area contributed by atoms with Gasteiger partial charge in [-0.15, -0.1) is 0 Å². The lowest BCUT2D eigenvalue weighted by Gasteiger charge is -2.10. The van der Waals surface area contributed by atoms with E-state index in [-0.39, 0.29) is 38.7 Å². The van der Waals surface area contributed by atoms with Crippen LogP contribution >= 0.6 is 0 Å². The van der Waals surface area contributed by atoms with Crippen molar-refractivity contribution < 1.29 is 47.6 Å². The number of fused-ring (bicyclic) bond motifs is 1. The topological polar surface area (TPSA) is 107 Å². The Labute approximate surface area is 205 Å². The van der Waals surface area contributed by atoms with Crippen LogP contribution < -0.4 is 0 Å². The third kappa shape index (κ3) is 4.92. The summed E-state index contributed by atoms with van der Waals surface area (Å²) >= 11 is 0. The summed E-state index contributed by atoms with van der Waals surface area (Å²) in [4.78, 5) is 6.72. The van der Waals surface area contributed by atoms with Gasteiger partial charge in [0.25, 0.3) is 9.84 Å². The second-order valence-corrected chi connectivity index (χ2v) is 11.8. The number of sulfone groups is 2. The molecule has 0 aliphatic carbocycles. The fraction of sp³-hybridized carbons (Fsp3) is 0.182. The highest BCUT2D eigenvalue weighted by Gasteiger charge is 2.47. The number of hydrogen-bond acceptors (Lipinski definition) is 7. The number of aromatic nitrogens is 2. The lowest BCUT2D eigenvalue weighted by molar-refractivity contribution is -0.137. The molecule has 37 heavy (non-hydrogen) atoms. The van der Waals surface area contributed by atoms with E-state index in [1.165, 1.54) is 13.0 Å². The van der Waals surface area contributed by atoms with Crippen LogP contribution in [0.5, 0.6) is 0 Å². The van der Waals surface area contributed by atoms with Crippen molar-refractivity contribution in [3.8, 4) is 22.8 Å². The zero-order valence-electron chi connectivity index (χ0n) is 18.4. The van der Waals surface area contributed by atoms with Gasteiger partial charge in [0, 0.05) is 5.56 Å². The zero-order chi connectivity index (χ0) is 27.4. The minimum absolute atomic E-state index is 0.0568. The number of alkyl halides is 6. The second kappa shape index (κ2) is 8.83. The Morgan fingerprint density at radius 2 is 1.49 bits per heavy atom. The molecule has 0 aliphatic heterocycles. The summed E-state index contributed by atoms with van der Waals surface area (Å²) in [6.07, 6.45) is -4.58. The smallest absolute Gasteiger partial charge is 0.435 e. The average molecular weight is 564 g/mol. The number of hydrogen-bond donors (Lipinski definition) is 0. The number of oxazole rings is 1. The van der Waals surface area contributed by atoms with Crippen LogP contribution in [0.1, 0.15) is 12.5 Å². The van der Waals surface area contributed by atoms with Crippen LogP contribution in [0.3, 0.4) is 0 Å². The predicted octanol–water partition coefficient (Wildman–Crippen LogP) is 5.66. The molecule has 2 aromatic carbocycles. The maximum Gasteiger partial charge on any atom is 0.501 e. The highest BCUT2D eigenvalue weighted by Crippen LogP contribution is 2.35. The van der Waals surface area contributed by atoms with E-state index in [0.717, 1.165) is 36.4 Å².